The van der Waals surface area contributed by atoms with Gasteiger partial charge < -0.3 is 4.57 Å². The first-order valence-electron chi connectivity index (χ1n) is 9.87. The molecular formula is C22H20Cl2N4O2S. The van der Waals surface area contributed by atoms with Gasteiger partial charge >= 0.3 is 0 Å². The molecule has 0 bridgehead atoms. The van der Waals surface area contributed by atoms with Crippen LogP contribution in [0.15, 0.2) is 53.7 Å². The largest absolute Gasteiger partial charge is 0.305 e. The Balaban J connectivity index is 1.54. The highest BCUT2D eigenvalue weighted by atomic mass is 35.5. The summed E-state index contributed by atoms with van der Waals surface area (Å²) in [4.78, 5) is 27.6. The van der Waals surface area contributed by atoms with Crippen molar-refractivity contribution in [3.63, 3.8) is 0 Å². The number of aromatic nitrogens is 3. The number of hydrogen-bond acceptors (Lipinski definition) is 5. The fraction of sp³-hybridized carbons (Fsp3) is 0.273. The summed E-state index contributed by atoms with van der Waals surface area (Å²) in [5.41, 5.74) is 1.34. The van der Waals surface area contributed by atoms with E-state index in [9.17, 15) is 9.59 Å². The molecule has 0 unspecified atom stereocenters. The molecule has 2 aromatic carbocycles. The van der Waals surface area contributed by atoms with E-state index >= 15 is 0 Å². The quantitative estimate of drug-likeness (QED) is 0.491. The molecule has 3 aromatic rings. The molecule has 2 heterocycles. The lowest BCUT2D eigenvalue weighted by atomic mass is 10.2. The van der Waals surface area contributed by atoms with Crippen molar-refractivity contribution in [3.05, 3.63) is 64.1 Å². The highest BCUT2D eigenvalue weighted by Gasteiger charge is 2.33. The van der Waals surface area contributed by atoms with Gasteiger partial charge in [-0.15, -0.1) is 10.2 Å². The fourth-order valence-electron chi connectivity index (χ4n) is 3.46. The minimum Gasteiger partial charge on any atom is -0.305 e. The molecule has 0 spiro atoms. The minimum absolute atomic E-state index is 0.196. The van der Waals surface area contributed by atoms with Crippen molar-refractivity contribution in [2.24, 2.45) is 7.05 Å². The van der Waals surface area contributed by atoms with Crippen LogP contribution in [0.25, 0.3) is 11.4 Å². The first-order valence-corrected chi connectivity index (χ1v) is 11.5. The minimum atomic E-state index is -0.403. The molecule has 2 amide bonds. The third-order valence-corrected chi connectivity index (χ3v) is 6.95. The van der Waals surface area contributed by atoms with E-state index in [1.165, 1.54) is 16.7 Å². The summed E-state index contributed by atoms with van der Waals surface area (Å²) in [5.74, 6) is 0.196. The molecule has 9 heteroatoms. The number of hydrogen-bond donors (Lipinski definition) is 0. The van der Waals surface area contributed by atoms with Crippen LogP contribution in [-0.4, -0.2) is 43.3 Å². The number of amides is 2. The van der Waals surface area contributed by atoms with Crippen LogP contribution >= 0.6 is 35.0 Å². The van der Waals surface area contributed by atoms with Gasteiger partial charge in [0.15, 0.2) is 11.0 Å². The predicted octanol–water partition coefficient (Wildman–Crippen LogP) is 5.10. The molecular weight excluding hydrogens is 455 g/mol. The molecule has 1 aromatic heterocycles. The van der Waals surface area contributed by atoms with Gasteiger partial charge in [-0.1, -0.05) is 41.4 Å². The maximum Gasteiger partial charge on any atom is 0.260 e. The number of thioether (sulfide) groups is 1. The summed E-state index contributed by atoms with van der Waals surface area (Å²) in [6.07, 6.45) is 2.31. The number of nitrogens with zero attached hydrogens (tertiary/aromatic N) is 4. The van der Waals surface area contributed by atoms with E-state index in [-0.39, 0.29) is 11.8 Å². The standard InChI is InChI=1S/C22H20Cl2N4O2S/c1-27-19(14-5-9-16(23)10-6-14)25-26-22(27)31-18-4-2-3-13-28(21(18)30)20(29)15-7-11-17(24)12-8-15/h5-12,18H,2-4,13H2,1H3/t18-/m1/s1. The molecule has 6 nitrogen and oxygen atoms in total. The fourth-order valence-corrected chi connectivity index (χ4v) is 4.81. The molecule has 0 saturated carbocycles. The molecule has 0 radical (unpaired) electrons. The third-order valence-electron chi connectivity index (χ3n) is 5.16. The summed E-state index contributed by atoms with van der Waals surface area (Å²) in [7, 11) is 1.87. The number of halogens is 2. The maximum atomic E-state index is 13.2. The van der Waals surface area contributed by atoms with Gasteiger partial charge in [-0.3, -0.25) is 14.5 Å². The number of carbonyl (C=O) groups excluding carboxylic acids is 2. The van der Waals surface area contributed by atoms with Crippen molar-refractivity contribution in [3.8, 4) is 11.4 Å². The second-order valence-corrected chi connectivity index (χ2v) is 9.32. The van der Waals surface area contributed by atoms with E-state index in [0.29, 0.717) is 39.6 Å². The van der Waals surface area contributed by atoms with Crippen molar-refractivity contribution in [1.82, 2.24) is 19.7 Å². The molecule has 0 N–H and O–H groups in total. The van der Waals surface area contributed by atoms with E-state index in [4.69, 9.17) is 23.2 Å². The van der Waals surface area contributed by atoms with Crippen LogP contribution in [0.3, 0.4) is 0 Å². The van der Waals surface area contributed by atoms with E-state index in [0.717, 1.165) is 18.4 Å². The smallest absolute Gasteiger partial charge is 0.260 e. The summed E-state index contributed by atoms with van der Waals surface area (Å²) < 4.78 is 1.86. The lowest BCUT2D eigenvalue weighted by Gasteiger charge is -2.22. The van der Waals surface area contributed by atoms with Gasteiger partial charge in [-0.05, 0) is 61.4 Å². The summed E-state index contributed by atoms with van der Waals surface area (Å²) in [5, 5.41) is 9.99. The second kappa shape index (κ2) is 9.42. The highest BCUT2D eigenvalue weighted by Crippen LogP contribution is 2.31. The Hall–Kier alpha value is -2.35. The van der Waals surface area contributed by atoms with Gasteiger partial charge in [-0.2, -0.15) is 0 Å². The van der Waals surface area contributed by atoms with Crippen molar-refractivity contribution in [2.45, 2.75) is 29.7 Å². The third kappa shape index (κ3) is 4.79. The SMILES string of the molecule is Cn1c(S[C@@H]2CCCCN(C(=O)c3ccc(Cl)cc3)C2=O)nnc1-c1ccc(Cl)cc1. The van der Waals surface area contributed by atoms with Crippen molar-refractivity contribution < 1.29 is 9.59 Å². The Morgan fingerprint density at radius 3 is 2.32 bits per heavy atom. The van der Waals surface area contributed by atoms with Gasteiger partial charge in [0.05, 0.1) is 5.25 Å². The Bertz CT molecular complexity index is 1100. The average molecular weight is 475 g/mol. The molecule has 1 aliphatic rings. The van der Waals surface area contributed by atoms with Crippen molar-refractivity contribution in [2.75, 3.05) is 6.54 Å². The first-order chi connectivity index (χ1) is 14.9. The highest BCUT2D eigenvalue weighted by molar-refractivity contribution is 8.00. The zero-order valence-electron chi connectivity index (χ0n) is 16.8. The van der Waals surface area contributed by atoms with Crippen LogP contribution in [-0.2, 0) is 11.8 Å². The van der Waals surface area contributed by atoms with Gasteiger partial charge in [0.1, 0.15) is 0 Å². The molecule has 1 saturated heterocycles. The lowest BCUT2D eigenvalue weighted by Crippen LogP contribution is -2.41. The maximum absolute atomic E-state index is 13.2. The number of carbonyl (C=O) groups is 2. The Kier molecular flexibility index (Phi) is 6.65. The normalized spacial score (nSPS) is 16.9. The molecule has 0 aliphatic carbocycles. The molecule has 4 rings (SSSR count). The molecule has 31 heavy (non-hydrogen) atoms. The predicted molar refractivity (Wildman–Crippen MR) is 122 cm³/mol. The Morgan fingerprint density at radius 2 is 1.65 bits per heavy atom. The van der Waals surface area contributed by atoms with Crippen LogP contribution in [0, 0.1) is 0 Å². The summed E-state index contributed by atoms with van der Waals surface area (Å²) >= 11 is 13.2. The monoisotopic (exact) mass is 474 g/mol. The Labute approximate surface area is 194 Å². The Morgan fingerprint density at radius 1 is 1.00 bits per heavy atom. The summed E-state index contributed by atoms with van der Waals surface area (Å²) in [6.45, 7) is 0.409. The van der Waals surface area contributed by atoms with Crippen LogP contribution in [0.4, 0.5) is 0 Å². The lowest BCUT2D eigenvalue weighted by molar-refractivity contribution is -0.127. The number of benzene rings is 2. The van der Waals surface area contributed by atoms with E-state index in [2.05, 4.69) is 10.2 Å². The van der Waals surface area contributed by atoms with E-state index in [1.54, 1.807) is 36.4 Å². The van der Waals surface area contributed by atoms with Crippen LogP contribution in [0.1, 0.15) is 29.6 Å². The average Bonchev–Trinajstić information content (AvgIpc) is 3.02. The van der Waals surface area contributed by atoms with Crippen molar-refractivity contribution in [1.29, 1.82) is 0 Å². The van der Waals surface area contributed by atoms with Crippen LogP contribution in [0.2, 0.25) is 10.0 Å². The van der Waals surface area contributed by atoms with Gasteiger partial charge in [0, 0.05) is 34.8 Å². The second-order valence-electron chi connectivity index (χ2n) is 7.28. The summed E-state index contributed by atoms with van der Waals surface area (Å²) in [6, 6.07) is 14.0. The molecule has 1 fully saturated rings. The number of rotatable bonds is 4. The number of imide groups is 1. The first kappa shape index (κ1) is 21.9. The van der Waals surface area contributed by atoms with Crippen LogP contribution in [0.5, 0.6) is 0 Å². The van der Waals surface area contributed by atoms with Crippen molar-refractivity contribution >= 4 is 46.8 Å². The molecule has 1 atom stereocenters. The van der Waals surface area contributed by atoms with Gasteiger partial charge in [0.25, 0.3) is 5.91 Å². The van der Waals surface area contributed by atoms with Gasteiger partial charge in [-0.25, -0.2) is 0 Å². The topological polar surface area (TPSA) is 68.1 Å². The molecule has 160 valence electrons. The zero-order valence-corrected chi connectivity index (χ0v) is 19.1. The van der Waals surface area contributed by atoms with Crippen LogP contribution < -0.4 is 0 Å². The molecule has 1 aliphatic heterocycles. The van der Waals surface area contributed by atoms with E-state index in [1.807, 2.05) is 23.7 Å². The number of likely N-dealkylation sites (tertiary alicyclic amines) is 1. The van der Waals surface area contributed by atoms with E-state index < -0.39 is 5.25 Å². The van der Waals surface area contributed by atoms with Gasteiger partial charge in [0.2, 0.25) is 5.91 Å². The zero-order chi connectivity index (χ0) is 22.0.